The van der Waals surface area contributed by atoms with Crippen molar-refractivity contribution in [1.82, 2.24) is 10.3 Å². The standard InChI is InChI=1S/C11H18N4O/c1-14(2)8-9-15(13-11(12)16)10-6-4-3-5-7-10/h3-7H,8-9H2,1-2H3,(H3,12,13,16). The number of hydrogen-bond donors (Lipinski definition) is 2. The van der Waals surface area contributed by atoms with Gasteiger partial charge in [-0.3, -0.25) is 5.01 Å². The largest absolute Gasteiger partial charge is 0.350 e. The quantitative estimate of drug-likeness (QED) is 0.719. The molecule has 0 spiro atoms. The highest BCUT2D eigenvalue weighted by Gasteiger charge is 2.07. The number of carbonyl (C=O) groups excluding carboxylic acids is 1. The van der Waals surface area contributed by atoms with E-state index in [0.29, 0.717) is 6.54 Å². The Balaban J connectivity index is 2.67. The van der Waals surface area contributed by atoms with Gasteiger partial charge in [0.25, 0.3) is 0 Å². The summed E-state index contributed by atoms with van der Waals surface area (Å²) in [4.78, 5) is 12.9. The van der Waals surface area contributed by atoms with Crippen molar-refractivity contribution in [1.29, 1.82) is 0 Å². The summed E-state index contributed by atoms with van der Waals surface area (Å²) in [5, 5.41) is 1.74. The summed E-state index contributed by atoms with van der Waals surface area (Å²) >= 11 is 0. The monoisotopic (exact) mass is 222 g/mol. The number of anilines is 1. The number of benzene rings is 1. The van der Waals surface area contributed by atoms with E-state index in [4.69, 9.17) is 5.73 Å². The van der Waals surface area contributed by atoms with E-state index in [1.54, 1.807) is 5.01 Å². The molecule has 5 nitrogen and oxygen atoms in total. The van der Waals surface area contributed by atoms with Crippen molar-refractivity contribution in [3.05, 3.63) is 30.3 Å². The van der Waals surface area contributed by atoms with Gasteiger partial charge in [0.2, 0.25) is 0 Å². The molecule has 1 aromatic rings. The maximum atomic E-state index is 10.9. The molecular weight excluding hydrogens is 204 g/mol. The van der Waals surface area contributed by atoms with Gasteiger partial charge in [-0.15, -0.1) is 0 Å². The molecule has 1 rings (SSSR count). The summed E-state index contributed by atoms with van der Waals surface area (Å²) in [7, 11) is 3.96. The Bertz CT molecular complexity index is 326. The molecule has 0 aliphatic carbocycles. The minimum Gasteiger partial charge on any atom is -0.350 e. The molecule has 16 heavy (non-hydrogen) atoms. The van der Waals surface area contributed by atoms with E-state index in [0.717, 1.165) is 12.2 Å². The van der Waals surface area contributed by atoms with Crippen LogP contribution in [0.3, 0.4) is 0 Å². The molecule has 0 aliphatic rings. The Morgan fingerprint density at radius 1 is 1.25 bits per heavy atom. The van der Waals surface area contributed by atoms with E-state index in [-0.39, 0.29) is 0 Å². The van der Waals surface area contributed by atoms with Crippen LogP contribution in [-0.2, 0) is 0 Å². The number of nitrogens with one attached hydrogen (secondary N) is 1. The van der Waals surface area contributed by atoms with Gasteiger partial charge in [-0.05, 0) is 26.2 Å². The maximum absolute atomic E-state index is 10.9. The fourth-order valence-electron chi connectivity index (χ4n) is 1.29. The van der Waals surface area contributed by atoms with E-state index < -0.39 is 6.03 Å². The van der Waals surface area contributed by atoms with Gasteiger partial charge >= 0.3 is 6.03 Å². The number of amides is 2. The molecule has 5 heteroatoms. The highest BCUT2D eigenvalue weighted by molar-refractivity contribution is 5.74. The summed E-state index contributed by atoms with van der Waals surface area (Å²) in [6, 6.07) is 9.05. The van der Waals surface area contributed by atoms with E-state index in [1.807, 2.05) is 49.3 Å². The lowest BCUT2D eigenvalue weighted by molar-refractivity contribution is 0.247. The van der Waals surface area contributed by atoms with Crippen LogP contribution in [0.5, 0.6) is 0 Å². The first kappa shape index (κ1) is 12.3. The van der Waals surface area contributed by atoms with E-state index in [9.17, 15) is 4.79 Å². The van der Waals surface area contributed by atoms with Crippen LogP contribution < -0.4 is 16.2 Å². The Kier molecular flexibility index (Phi) is 4.60. The van der Waals surface area contributed by atoms with Crippen LogP contribution in [0.15, 0.2) is 30.3 Å². The molecule has 0 aliphatic heterocycles. The maximum Gasteiger partial charge on any atom is 0.330 e. The van der Waals surface area contributed by atoms with Crippen molar-refractivity contribution < 1.29 is 4.79 Å². The third-order valence-corrected chi connectivity index (χ3v) is 2.08. The fourth-order valence-corrected chi connectivity index (χ4v) is 1.29. The van der Waals surface area contributed by atoms with Gasteiger partial charge in [0.05, 0.1) is 12.2 Å². The Morgan fingerprint density at radius 3 is 2.38 bits per heavy atom. The summed E-state index contributed by atoms with van der Waals surface area (Å²) in [5.74, 6) is 0. The second kappa shape index (κ2) is 5.97. The van der Waals surface area contributed by atoms with Gasteiger partial charge in [-0.25, -0.2) is 10.2 Å². The lowest BCUT2D eigenvalue weighted by Gasteiger charge is -2.25. The molecule has 0 saturated heterocycles. The normalized spacial score (nSPS) is 10.2. The number of primary amides is 1. The predicted molar refractivity (Wildman–Crippen MR) is 65.1 cm³/mol. The van der Waals surface area contributed by atoms with Gasteiger partial charge in [0, 0.05) is 6.54 Å². The molecule has 0 radical (unpaired) electrons. The number of hydrogen-bond acceptors (Lipinski definition) is 3. The van der Waals surface area contributed by atoms with Crippen molar-refractivity contribution in [2.24, 2.45) is 5.73 Å². The second-order valence-corrected chi connectivity index (χ2v) is 3.77. The number of nitrogens with two attached hydrogens (primary N) is 1. The van der Waals surface area contributed by atoms with Crippen LogP contribution in [0.4, 0.5) is 10.5 Å². The van der Waals surface area contributed by atoms with Crippen LogP contribution >= 0.6 is 0 Å². The van der Waals surface area contributed by atoms with E-state index in [1.165, 1.54) is 0 Å². The van der Waals surface area contributed by atoms with Crippen molar-refractivity contribution in [2.75, 3.05) is 32.2 Å². The molecule has 0 aromatic heterocycles. The smallest absolute Gasteiger partial charge is 0.330 e. The summed E-state index contributed by atoms with van der Waals surface area (Å²) in [5.41, 5.74) is 8.65. The molecule has 0 fully saturated rings. The highest BCUT2D eigenvalue weighted by atomic mass is 16.2. The first-order valence-electron chi connectivity index (χ1n) is 5.13. The third-order valence-electron chi connectivity index (χ3n) is 2.08. The number of urea groups is 1. The average Bonchev–Trinajstić information content (AvgIpc) is 2.25. The van der Waals surface area contributed by atoms with E-state index in [2.05, 4.69) is 5.43 Å². The van der Waals surface area contributed by atoms with Gasteiger partial charge < -0.3 is 10.6 Å². The van der Waals surface area contributed by atoms with Crippen molar-refractivity contribution >= 4 is 11.7 Å². The molecule has 2 amide bonds. The van der Waals surface area contributed by atoms with Gasteiger partial charge in [-0.1, -0.05) is 18.2 Å². The first-order valence-corrected chi connectivity index (χ1v) is 5.13. The van der Waals surface area contributed by atoms with Crippen LogP contribution in [0.1, 0.15) is 0 Å². The minimum atomic E-state index is -0.553. The number of carbonyl (C=O) groups is 1. The molecule has 0 unspecified atom stereocenters. The summed E-state index contributed by atoms with van der Waals surface area (Å²) < 4.78 is 0. The lowest BCUT2D eigenvalue weighted by Crippen LogP contribution is -2.47. The van der Waals surface area contributed by atoms with E-state index >= 15 is 0 Å². The number of nitrogens with zero attached hydrogens (tertiary/aromatic N) is 2. The molecular formula is C11H18N4O. The minimum absolute atomic E-state index is 0.553. The fraction of sp³-hybridized carbons (Fsp3) is 0.364. The SMILES string of the molecule is CN(C)CCN(NC(N)=O)c1ccccc1. The zero-order valence-electron chi connectivity index (χ0n) is 9.68. The molecule has 1 aromatic carbocycles. The third kappa shape index (κ3) is 4.18. The zero-order valence-corrected chi connectivity index (χ0v) is 9.68. The van der Waals surface area contributed by atoms with Gasteiger partial charge in [-0.2, -0.15) is 0 Å². The average molecular weight is 222 g/mol. The molecule has 0 heterocycles. The summed E-state index contributed by atoms with van der Waals surface area (Å²) in [6.45, 7) is 1.51. The number of hydrazine groups is 1. The van der Waals surface area contributed by atoms with Gasteiger partial charge in [0.1, 0.15) is 0 Å². The van der Waals surface area contributed by atoms with Crippen molar-refractivity contribution in [3.8, 4) is 0 Å². The molecule has 0 saturated carbocycles. The molecule has 0 bridgehead atoms. The zero-order chi connectivity index (χ0) is 12.0. The lowest BCUT2D eigenvalue weighted by atomic mass is 10.3. The molecule has 3 N–H and O–H groups in total. The first-order chi connectivity index (χ1) is 7.59. The van der Waals surface area contributed by atoms with Crippen LogP contribution in [-0.4, -0.2) is 38.1 Å². The van der Waals surface area contributed by atoms with Crippen molar-refractivity contribution in [3.63, 3.8) is 0 Å². The molecule has 88 valence electrons. The predicted octanol–water partition coefficient (Wildman–Crippen LogP) is 0.638. The van der Waals surface area contributed by atoms with Gasteiger partial charge in [0.15, 0.2) is 0 Å². The van der Waals surface area contributed by atoms with Crippen molar-refractivity contribution in [2.45, 2.75) is 0 Å². The second-order valence-electron chi connectivity index (χ2n) is 3.77. The Hall–Kier alpha value is -1.75. The van der Waals surface area contributed by atoms with Crippen LogP contribution in [0, 0.1) is 0 Å². The summed E-state index contributed by atoms with van der Waals surface area (Å²) in [6.07, 6.45) is 0. The molecule has 0 atom stereocenters. The Labute approximate surface area is 95.8 Å². The van der Waals surface area contributed by atoms with Crippen LogP contribution in [0.25, 0.3) is 0 Å². The Morgan fingerprint density at radius 2 is 1.88 bits per heavy atom. The number of rotatable bonds is 5. The topological polar surface area (TPSA) is 61.6 Å². The highest BCUT2D eigenvalue weighted by Crippen LogP contribution is 2.10. The number of likely N-dealkylation sites (N-methyl/N-ethyl adjacent to an activating group) is 1. The van der Waals surface area contributed by atoms with Crippen LogP contribution in [0.2, 0.25) is 0 Å². The number of para-hydroxylation sites is 1.